The van der Waals surface area contributed by atoms with Crippen LogP contribution in [0.25, 0.3) is 0 Å². The van der Waals surface area contributed by atoms with Gasteiger partial charge < -0.3 is 9.47 Å². The maximum atomic E-state index is 11.3. The lowest BCUT2D eigenvalue weighted by Gasteiger charge is -2.12. The second kappa shape index (κ2) is 5.03. The molecule has 3 nitrogen and oxygen atoms in total. The minimum atomic E-state index is -0.466. The molecule has 1 aromatic carbocycles. The zero-order valence-corrected chi connectivity index (χ0v) is 9.31. The van der Waals surface area contributed by atoms with Gasteiger partial charge in [-0.05, 0) is 23.6 Å². The molecule has 0 saturated heterocycles. The van der Waals surface area contributed by atoms with Crippen molar-refractivity contribution in [3.05, 3.63) is 47.9 Å². The van der Waals surface area contributed by atoms with Crippen molar-refractivity contribution in [2.75, 3.05) is 6.79 Å². The molecule has 0 saturated carbocycles. The lowest BCUT2D eigenvalue weighted by Crippen LogP contribution is -2.15. The van der Waals surface area contributed by atoms with E-state index in [4.69, 9.17) is 21.1 Å². The highest BCUT2D eigenvalue weighted by Gasteiger charge is 2.26. The SMILES string of the molecule is O=C(Cl)C(Cc1ccccc1)C1=COCO1. The first-order valence-electron chi connectivity index (χ1n) is 4.95. The van der Waals surface area contributed by atoms with Crippen LogP contribution in [0.5, 0.6) is 0 Å². The molecule has 0 radical (unpaired) electrons. The second-order valence-corrected chi connectivity index (χ2v) is 3.87. The Morgan fingerprint density at radius 1 is 1.38 bits per heavy atom. The third-order valence-corrected chi connectivity index (χ3v) is 2.66. The summed E-state index contributed by atoms with van der Waals surface area (Å²) in [5, 5.41) is -0.430. The molecule has 0 spiro atoms. The normalized spacial score (nSPS) is 15.9. The number of hydrogen-bond acceptors (Lipinski definition) is 3. The molecule has 0 aromatic heterocycles. The monoisotopic (exact) mass is 238 g/mol. The van der Waals surface area contributed by atoms with Crippen LogP contribution in [-0.2, 0) is 20.7 Å². The first-order valence-corrected chi connectivity index (χ1v) is 5.33. The predicted molar refractivity (Wildman–Crippen MR) is 59.6 cm³/mol. The molecule has 2 rings (SSSR count). The number of hydrogen-bond donors (Lipinski definition) is 0. The van der Waals surface area contributed by atoms with E-state index in [0.717, 1.165) is 5.56 Å². The van der Waals surface area contributed by atoms with Crippen molar-refractivity contribution >= 4 is 16.8 Å². The lowest BCUT2D eigenvalue weighted by atomic mass is 9.99. The second-order valence-electron chi connectivity index (χ2n) is 3.50. The van der Waals surface area contributed by atoms with E-state index in [-0.39, 0.29) is 6.79 Å². The van der Waals surface area contributed by atoms with E-state index in [0.29, 0.717) is 12.2 Å². The summed E-state index contributed by atoms with van der Waals surface area (Å²) < 4.78 is 10.1. The molecule has 0 bridgehead atoms. The smallest absolute Gasteiger partial charge is 0.232 e. The van der Waals surface area contributed by atoms with E-state index in [2.05, 4.69) is 0 Å². The standard InChI is InChI=1S/C12H11ClO3/c13-12(14)10(11-7-15-8-16-11)6-9-4-2-1-3-5-9/h1-5,7,10H,6,8H2. The van der Waals surface area contributed by atoms with E-state index in [9.17, 15) is 4.79 Å². The third-order valence-electron chi connectivity index (χ3n) is 2.39. The molecule has 1 heterocycles. The molecule has 1 aromatic rings. The Balaban J connectivity index is 2.12. The van der Waals surface area contributed by atoms with Gasteiger partial charge in [0.1, 0.15) is 12.0 Å². The van der Waals surface area contributed by atoms with Gasteiger partial charge in [-0.3, -0.25) is 4.79 Å². The summed E-state index contributed by atoms with van der Waals surface area (Å²) in [7, 11) is 0. The Kier molecular flexibility index (Phi) is 3.47. The fourth-order valence-corrected chi connectivity index (χ4v) is 1.76. The highest BCUT2D eigenvalue weighted by atomic mass is 35.5. The number of benzene rings is 1. The Hall–Kier alpha value is -1.48. The molecule has 0 amide bonds. The molecule has 1 aliphatic heterocycles. The minimum absolute atomic E-state index is 0.158. The van der Waals surface area contributed by atoms with Crippen LogP contribution in [0.1, 0.15) is 5.56 Å². The van der Waals surface area contributed by atoms with Gasteiger partial charge in [-0.25, -0.2) is 0 Å². The number of rotatable bonds is 4. The zero-order chi connectivity index (χ0) is 11.4. The molecule has 0 fully saturated rings. The van der Waals surface area contributed by atoms with Gasteiger partial charge in [0.15, 0.2) is 0 Å². The molecule has 0 N–H and O–H groups in total. The summed E-state index contributed by atoms with van der Waals surface area (Å²) in [6, 6.07) is 9.67. The highest BCUT2D eigenvalue weighted by molar-refractivity contribution is 6.64. The van der Waals surface area contributed by atoms with Crippen molar-refractivity contribution in [1.82, 2.24) is 0 Å². The van der Waals surface area contributed by atoms with Crippen LogP contribution >= 0.6 is 11.6 Å². The summed E-state index contributed by atoms with van der Waals surface area (Å²) in [6.45, 7) is 0.158. The molecule has 84 valence electrons. The molecule has 1 aliphatic rings. The average molecular weight is 239 g/mol. The van der Waals surface area contributed by atoms with Crippen LogP contribution in [-0.4, -0.2) is 12.0 Å². The van der Waals surface area contributed by atoms with E-state index >= 15 is 0 Å². The van der Waals surface area contributed by atoms with Gasteiger partial charge in [-0.1, -0.05) is 30.3 Å². The van der Waals surface area contributed by atoms with E-state index in [1.807, 2.05) is 30.3 Å². The van der Waals surface area contributed by atoms with Crippen LogP contribution in [0, 0.1) is 5.92 Å². The van der Waals surface area contributed by atoms with Crippen molar-refractivity contribution in [3.63, 3.8) is 0 Å². The Morgan fingerprint density at radius 2 is 2.12 bits per heavy atom. The van der Waals surface area contributed by atoms with Crippen LogP contribution in [0.15, 0.2) is 42.4 Å². The van der Waals surface area contributed by atoms with E-state index < -0.39 is 11.2 Å². The fourth-order valence-electron chi connectivity index (χ4n) is 1.58. The van der Waals surface area contributed by atoms with Crippen molar-refractivity contribution in [2.24, 2.45) is 5.92 Å². The van der Waals surface area contributed by atoms with Crippen molar-refractivity contribution in [2.45, 2.75) is 6.42 Å². The average Bonchev–Trinajstić information content (AvgIpc) is 2.80. The van der Waals surface area contributed by atoms with Crippen LogP contribution in [0.4, 0.5) is 0 Å². The van der Waals surface area contributed by atoms with Crippen molar-refractivity contribution in [3.8, 4) is 0 Å². The molecule has 4 heteroatoms. The fraction of sp³-hybridized carbons (Fsp3) is 0.250. The number of carbonyl (C=O) groups excluding carboxylic acids is 1. The summed E-state index contributed by atoms with van der Waals surface area (Å²) in [6.07, 6.45) is 1.98. The molecule has 0 aliphatic carbocycles. The van der Waals surface area contributed by atoms with Crippen LogP contribution < -0.4 is 0 Å². The summed E-state index contributed by atoms with van der Waals surface area (Å²) in [5.41, 5.74) is 1.04. The molecule has 1 unspecified atom stereocenters. The number of carbonyl (C=O) groups is 1. The first kappa shape index (κ1) is 11.0. The van der Waals surface area contributed by atoms with E-state index in [1.165, 1.54) is 6.26 Å². The Bertz CT molecular complexity index is 400. The minimum Gasteiger partial charge on any atom is -0.462 e. The molecular formula is C12H11ClO3. The van der Waals surface area contributed by atoms with Crippen LogP contribution in [0.2, 0.25) is 0 Å². The van der Waals surface area contributed by atoms with Crippen molar-refractivity contribution in [1.29, 1.82) is 0 Å². The van der Waals surface area contributed by atoms with Gasteiger partial charge in [0.05, 0.1) is 5.92 Å². The first-order chi connectivity index (χ1) is 7.77. The van der Waals surface area contributed by atoms with Gasteiger partial charge >= 0.3 is 0 Å². The molecular weight excluding hydrogens is 228 g/mol. The predicted octanol–water partition coefficient (Wildman–Crippen LogP) is 2.46. The van der Waals surface area contributed by atoms with E-state index in [1.54, 1.807) is 0 Å². The maximum Gasteiger partial charge on any atom is 0.232 e. The number of halogens is 1. The molecule has 1 atom stereocenters. The van der Waals surface area contributed by atoms with Crippen LogP contribution in [0.3, 0.4) is 0 Å². The largest absolute Gasteiger partial charge is 0.462 e. The maximum absolute atomic E-state index is 11.3. The summed E-state index contributed by atoms with van der Waals surface area (Å²) >= 11 is 5.56. The Labute approximate surface area is 98.6 Å². The lowest BCUT2D eigenvalue weighted by molar-refractivity contribution is -0.115. The third kappa shape index (κ3) is 2.55. The van der Waals surface area contributed by atoms with Gasteiger partial charge in [0, 0.05) is 0 Å². The zero-order valence-electron chi connectivity index (χ0n) is 8.56. The molecule has 16 heavy (non-hydrogen) atoms. The number of ether oxygens (including phenoxy) is 2. The Morgan fingerprint density at radius 3 is 2.69 bits per heavy atom. The van der Waals surface area contributed by atoms with Gasteiger partial charge in [0.2, 0.25) is 12.0 Å². The van der Waals surface area contributed by atoms with Crippen molar-refractivity contribution < 1.29 is 14.3 Å². The quantitative estimate of drug-likeness (QED) is 0.756. The van der Waals surface area contributed by atoms with Gasteiger partial charge in [-0.15, -0.1) is 0 Å². The summed E-state index contributed by atoms with van der Waals surface area (Å²) in [5.74, 6) is 0.0374. The summed E-state index contributed by atoms with van der Waals surface area (Å²) in [4.78, 5) is 11.3. The van der Waals surface area contributed by atoms with Gasteiger partial charge in [-0.2, -0.15) is 0 Å². The number of allylic oxidation sites excluding steroid dienone is 1. The van der Waals surface area contributed by atoms with Gasteiger partial charge in [0.25, 0.3) is 0 Å². The topological polar surface area (TPSA) is 35.5 Å². The highest BCUT2D eigenvalue weighted by Crippen LogP contribution is 2.24.